The largest absolute Gasteiger partial charge is 0.395 e. The van der Waals surface area contributed by atoms with Crippen molar-refractivity contribution in [2.24, 2.45) is 28.9 Å². The van der Waals surface area contributed by atoms with Crippen LogP contribution in [0.3, 0.4) is 0 Å². The van der Waals surface area contributed by atoms with Crippen LogP contribution in [0.25, 0.3) is 0 Å². The van der Waals surface area contributed by atoms with Crippen LogP contribution in [0.15, 0.2) is 30.3 Å². The van der Waals surface area contributed by atoms with Crippen molar-refractivity contribution in [3.05, 3.63) is 35.9 Å². The number of primary amides is 2. The van der Waals surface area contributed by atoms with Crippen LogP contribution in [-0.4, -0.2) is 107 Å². The number of benzene rings is 1. The van der Waals surface area contributed by atoms with E-state index >= 15 is 0 Å². The molecule has 16 nitrogen and oxygen atoms in total. The van der Waals surface area contributed by atoms with E-state index in [1.165, 1.54) is 0 Å². The zero-order chi connectivity index (χ0) is 37.6. The number of nitrogens with two attached hydrogens (primary N) is 4. The van der Waals surface area contributed by atoms with Gasteiger partial charge in [0.2, 0.25) is 29.5 Å². The maximum Gasteiger partial charge on any atom is 0.239 e. The number of nitrogens with one attached hydrogen (secondary N) is 2. The SMILES string of the molecule is CCC(=O)N(CC(N)CO)C(CC(N)=O)C(=O)CCC(CCC(=O)NCCCCCC(=O)C(Cc1ccccc1)NC(=O)C(N)CO)C(N)=O. The third-order valence-corrected chi connectivity index (χ3v) is 8.24. The number of unbranched alkanes of at least 4 members (excludes halogenated alkanes) is 2. The van der Waals surface area contributed by atoms with Crippen molar-refractivity contribution >= 4 is 41.1 Å². The summed E-state index contributed by atoms with van der Waals surface area (Å²) in [4.78, 5) is 88.4. The molecule has 0 bridgehead atoms. The number of rotatable bonds is 27. The first-order chi connectivity index (χ1) is 23.7. The average molecular weight is 706 g/mol. The number of aliphatic hydroxyl groups is 2. The van der Waals surface area contributed by atoms with Gasteiger partial charge in [-0.15, -0.1) is 0 Å². The Morgan fingerprint density at radius 3 is 2.08 bits per heavy atom. The van der Waals surface area contributed by atoms with Crippen LogP contribution < -0.4 is 33.6 Å². The Kier molecular flexibility index (Phi) is 21.0. The number of ketones is 2. The highest BCUT2D eigenvalue weighted by Gasteiger charge is 2.32. The molecule has 1 aromatic carbocycles. The molecule has 5 amide bonds. The van der Waals surface area contributed by atoms with Gasteiger partial charge in [0, 0.05) is 50.7 Å². The molecule has 0 aromatic heterocycles. The first-order valence-electron chi connectivity index (χ1n) is 17.0. The lowest BCUT2D eigenvalue weighted by Crippen LogP contribution is -2.52. The van der Waals surface area contributed by atoms with E-state index in [2.05, 4.69) is 10.6 Å². The lowest BCUT2D eigenvalue weighted by Gasteiger charge is -2.32. The van der Waals surface area contributed by atoms with Crippen LogP contribution in [0, 0.1) is 5.92 Å². The van der Waals surface area contributed by atoms with Crippen molar-refractivity contribution in [2.45, 2.75) is 102 Å². The van der Waals surface area contributed by atoms with Gasteiger partial charge in [0.05, 0.1) is 31.7 Å². The summed E-state index contributed by atoms with van der Waals surface area (Å²) in [6.45, 7) is 0.737. The van der Waals surface area contributed by atoms with E-state index in [0.29, 0.717) is 25.8 Å². The Hall–Kier alpha value is -4.25. The number of carbonyl (C=O) groups excluding carboxylic acids is 7. The van der Waals surface area contributed by atoms with Gasteiger partial charge in [-0.05, 0) is 37.7 Å². The normalized spacial score (nSPS) is 14.0. The number of nitrogens with zero attached hydrogens (tertiary/aromatic N) is 1. The molecule has 0 fully saturated rings. The van der Waals surface area contributed by atoms with Gasteiger partial charge < -0.3 is 48.7 Å². The predicted octanol–water partition coefficient (Wildman–Crippen LogP) is -1.69. The van der Waals surface area contributed by atoms with Gasteiger partial charge in [-0.1, -0.05) is 43.7 Å². The molecule has 50 heavy (non-hydrogen) atoms. The summed E-state index contributed by atoms with van der Waals surface area (Å²) in [6, 6.07) is 5.19. The maximum atomic E-state index is 13.2. The smallest absolute Gasteiger partial charge is 0.239 e. The van der Waals surface area contributed by atoms with Crippen LogP contribution in [-0.2, 0) is 40.0 Å². The molecule has 1 rings (SSSR count). The average Bonchev–Trinajstić information content (AvgIpc) is 3.09. The molecule has 0 spiro atoms. The number of carbonyl (C=O) groups is 7. The molecule has 0 saturated heterocycles. The molecular weight excluding hydrogens is 650 g/mol. The van der Waals surface area contributed by atoms with Crippen LogP contribution in [0.4, 0.5) is 0 Å². The highest BCUT2D eigenvalue weighted by Crippen LogP contribution is 2.18. The lowest BCUT2D eigenvalue weighted by molar-refractivity contribution is -0.141. The summed E-state index contributed by atoms with van der Waals surface area (Å²) in [5.74, 6) is -4.43. The van der Waals surface area contributed by atoms with E-state index in [-0.39, 0.29) is 63.2 Å². The summed E-state index contributed by atoms with van der Waals surface area (Å²) in [5, 5.41) is 23.9. The zero-order valence-corrected chi connectivity index (χ0v) is 28.9. The quantitative estimate of drug-likeness (QED) is 0.0478. The molecule has 0 heterocycles. The van der Waals surface area contributed by atoms with Gasteiger partial charge in [-0.3, -0.25) is 33.6 Å². The van der Waals surface area contributed by atoms with E-state index in [9.17, 15) is 43.8 Å². The van der Waals surface area contributed by atoms with Crippen LogP contribution in [0.2, 0.25) is 0 Å². The summed E-state index contributed by atoms with van der Waals surface area (Å²) < 4.78 is 0. The van der Waals surface area contributed by atoms with Crippen molar-refractivity contribution in [3.8, 4) is 0 Å². The van der Waals surface area contributed by atoms with E-state index in [1.807, 2.05) is 30.3 Å². The predicted molar refractivity (Wildman–Crippen MR) is 184 cm³/mol. The highest BCUT2D eigenvalue weighted by molar-refractivity contribution is 5.93. The Labute approximate surface area is 293 Å². The topological polar surface area (TPSA) is 291 Å². The minimum atomic E-state index is -1.22. The van der Waals surface area contributed by atoms with Gasteiger partial charge in [0.15, 0.2) is 11.6 Å². The molecule has 5 atom stereocenters. The lowest BCUT2D eigenvalue weighted by atomic mass is 9.92. The second kappa shape index (κ2) is 24.0. The molecule has 0 aliphatic carbocycles. The number of hydrogen-bond donors (Lipinski definition) is 8. The monoisotopic (exact) mass is 705 g/mol. The molecule has 0 aliphatic heterocycles. The molecule has 12 N–H and O–H groups in total. The Morgan fingerprint density at radius 2 is 1.50 bits per heavy atom. The molecule has 16 heteroatoms. The number of amides is 5. The number of aliphatic hydroxyl groups excluding tert-OH is 2. The van der Waals surface area contributed by atoms with Gasteiger partial charge in [0.25, 0.3) is 0 Å². The van der Waals surface area contributed by atoms with Crippen molar-refractivity contribution < 1.29 is 43.8 Å². The standard InChI is InChI=1S/C34H55N7O9/c1-2-32(48)41(19-24(35)20-42)27(18-30(37)46)29(45)14-12-23(33(38)49)13-15-31(47)39-16-8-4-7-11-28(44)26(40-34(50)25(36)21-43)17-22-9-5-3-6-10-22/h3,5-6,9-10,23-27,42-43H,2,4,7-8,11-21,35-36H2,1H3,(H2,37,46)(H2,38,49)(H,39,47)(H,40,50). The number of Topliss-reactive ketones (excluding diaryl/α,β-unsaturated/α-hetero) is 2. The molecule has 5 unspecified atom stereocenters. The second-order valence-corrected chi connectivity index (χ2v) is 12.3. The molecular formula is C34H55N7O9. The third kappa shape index (κ3) is 16.9. The summed E-state index contributed by atoms with van der Waals surface area (Å²) >= 11 is 0. The minimum absolute atomic E-state index is 0.0113. The van der Waals surface area contributed by atoms with Gasteiger partial charge in [-0.2, -0.15) is 0 Å². The maximum absolute atomic E-state index is 13.2. The fourth-order valence-electron chi connectivity index (χ4n) is 5.27. The Morgan fingerprint density at radius 1 is 0.840 bits per heavy atom. The first kappa shape index (κ1) is 43.8. The molecule has 280 valence electrons. The highest BCUT2D eigenvalue weighted by atomic mass is 16.3. The van der Waals surface area contributed by atoms with E-state index in [4.69, 9.17) is 22.9 Å². The number of hydrogen-bond acceptors (Lipinski definition) is 11. The second-order valence-electron chi connectivity index (χ2n) is 12.3. The van der Waals surface area contributed by atoms with E-state index in [1.54, 1.807) is 6.92 Å². The molecule has 1 aromatic rings. The summed E-state index contributed by atoms with van der Waals surface area (Å²) in [7, 11) is 0. The Balaban J connectivity index is 2.58. The fourth-order valence-corrected chi connectivity index (χ4v) is 5.27. The van der Waals surface area contributed by atoms with Crippen LogP contribution >= 0.6 is 0 Å². The van der Waals surface area contributed by atoms with Gasteiger partial charge in [-0.25, -0.2) is 0 Å². The molecule has 0 radical (unpaired) electrons. The summed E-state index contributed by atoms with van der Waals surface area (Å²) in [6.07, 6.45) is 1.57. The zero-order valence-electron chi connectivity index (χ0n) is 28.9. The molecule has 0 saturated carbocycles. The minimum Gasteiger partial charge on any atom is -0.395 e. The first-order valence-corrected chi connectivity index (χ1v) is 17.0. The van der Waals surface area contributed by atoms with Gasteiger partial charge in [0.1, 0.15) is 6.04 Å². The van der Waals surface area contributed by atoms with Crippen molar-refractivity contribution in [1.82, 2.24) is 15.5 Å². The van der Waals surface area contributed by atoms with Gasteiger partial charge >= 0.3 is 0 Å². The van der Waals surface area contributed by atoms with E-state index < -0.39 is 79.1 Å². The Bertz CT molecular complexity index is 1260. The van der Waals surface area contributed by atoms with Crippen LogP contribution in [0.1, 0.15) is 76.7 Å². The third-order valence-electron chi connectivity index (χ3n) is 8.24. The van der Waals surface area contributed by atoms with Crippen molar-refractivity contribution in [2.75, 3.05) is 26.3 Å². The van der Waals surface area contributed by atoms with E-state index in [0.717, 1.165) is 10.5 Å². The fraction of sp³-hybridized carbons (Fsp3) is 0.618. The van der Waals surface area contributed by atoms with Crippen molar-refractivity contribution in [1.29, 1.82) is 0 Å². The van der Waals surface area contributed by atoms with Crippen molar-refractivity contribution in [3.63, 3.8) is 0 Å². The molecule has 0 aliphatic rings. The summed E-state index contributed by atoms with van der Waals surface area (Å²) in [5.41, 5.74) is 23.1. The van der Waals surface area contributed by atoms with Crippen LogP contribution in [0.5, 0.6) is 0 Å².